The molecule has 1 aromatic rings. The minimum atomic E-state index is -0.693. The topological polar surface area (TPSA) is 80.2 Å². The van der Waals surface area contributed by atoms with Crippen LogP contribution in [0.2, 0.25) is 0 Å². The van der Waals surface area contributed by atoms with E-state index in [-0.39, 0.29) is 12.0 Å². The number of alkyl carbamates (subject to hydrolysis) is 1. The van der Waals surface area contributed by atoms with Gasteiger partial charge in [0, 0.05) is 6.42 Å². The number of rotatable bonds is 5. The van der Waals surface area contributed by atoms with Crippen LogP contribution in [0.3, 0.4) is 0 Å². The summed E-state index contributed by atoms with van der Waals surface area (Å²) in [4.78, 5) is 31.1. The molecule has 1 aliphatic carbocycles. The average Bonchev–Trinajstić information content (AvgIpc) is 3.42. The standard InChI is InChI=1S/C22H32N2O5/c1-21(2,3)28-20(26)23-18-13-9-6-10-14-22(18)24(29-22)17(19(25)27-4)15-16-11-7-5-8-12-16/h5,7-8,11-12,17-18H,6,9-10,13-15H2,1-4H3,(H,23,26)/t17-,18-,22?,24?/m0/s1. The van der Waals surface area contributed by atoms with Crippen molar-refractivity contribution < 1.29 is 23.9 Å². The van der Waals surface area contributed by atoms with Crippen LogP contribution in [-0.4, -0.2) is 47.6 Å². The summed E-state index contributed by atoms with van der Waals surface area (Å²) in [5, 5.41) is 4.73. The number of hydrogen-bond acceptors (Lipinski definition) is 6. The van der Waals surface area contributed by atoms with E-state index in [1.807, 2.05) is 51.1 Å². The van der Waals surface area contributed by atoms with Gasteiger partial charge in [-0.3, -0.25) is 9.63 Å². The lowest BCUT2D eigenvalue weighted by Crippen LogP contribution is -2.50. The zero-order chi connectivity index (χ0) is 21.1. The smallest absolute Gasteiger partial charge is 0.408 e. The van der Waals surface area contributed by atoms with Crippen molar-refractivity contribution in [2.45, 2.75) is 82.7 Å². The number of ether oxygens (including phenoxy) is 2. The molecule has 0 radical (unpaired) electrons. The first-order chi connectivity index (χ1) is 13.7. The minimum absolute atomic E-state index is 0.247. The molecule has 7 nitrogen and oxygen atoms in total. The number of hydrogen-bond donors (Lipinski definition) is 1. The van der Waals surface area contributed by atoms with E-state index in [0.29, 0.717) is 6.42 Å². The molecule has 1 heterocycles. The first-order valence-electron chi connectivity index (χ1n) is 10.3. The monoisotopic (exact) mass is 404 g/mol. The molecule has 7 heteroatoms. The summed E-state index contributed by atoms with van der Waals surface area (Å²) in [5.74, 6) is -0.342. The highest BCUT2D eigenvalue weighted by atomic mass is 16.9. The van der Waals surface area contributed by atoms with Gasteiger partial charge in [0.2, 0.25) is 0 Å². The molecule has 1 saturated carbocycles. The SMILES string of the molecule is COC(=O)[C@H](Cc1ccccc1)N1OC12CCCCC[C@@H]2NC(=O)OC(C)(C)C. The molecule has 1 saturated heterocycles. The van der Waals surface area contributed by atoms with Crippen LogP contribution in [0.25, 0.3) is 0 Å². The van der Waals surface area contributed by atoms with Crippen molar-refractivity contribution in [3.8, 4) is 0 Å². The van der Waals surface area contributed by atoms with Gasteiger partial charge >= 0.3 is 12.1 Å². The van der Waals surface area contributed by atoms with Crippen LogP contribution in [0.1, 0.15) is 58.4 Å². The quantitative estimate of drug-likeness (QED) is 0.597. The summed E-state index contributed by atoms with van der Waals surface area (Å²) in [6.45, 7) is 5.51. The molecular weight excluding hydrogens is 372 g/mol. The Kier molecular flexibility index (Phi) is 6.49. The van der Waals surface area contributed by atoms with Gasteiger partial charge in [-0.1, -0.05) is 43.2 Å². The maximum absolute atomic E-state index is 12.6. The maximum Gasteiger partial charge on any atom is 0.408 e. The molecule has 2 unspecified atom stereocenters. The van der Waals surface area contributed by atoms with Crippen molar-refractivity contribution in [2.75, 3.05) is 7.11 Å². The Labute approximate surface area is 172 Å². The third kappa shape index (κ3) is 5.28. The van der Waals surface area contributed by atoms with Crippen LogP contribution in [-0.2, 0) is 25.5 Å². The Morgan fingerprint density at radius 1 is 1.24 bits per heavy atom. The number of benzene rings is 1. The summed E-state index contributed by atoms with van der Waals surface area (Å²) in [6.07, 6.45) is 4.56. The van der Waals surface area contributed by atoms with Gasteiger partial charge in [0.1, 0.15) is 11.6 Å². The van der Waals surface area contributed by atoms with Crippen molar-refractivity contribution in [3.05, 3.63) is 35.9 Å². The lowest BCUT2D eigenvalue weighted by Gasteiger charge is -2.27. The highest BCUT2D eigenvalue weighted by Crippen LogP contribution is 2.48. The number of hydroxylamine groups is 2. The third-order valence-corrected chi connectivity index (χ3v) is 5.39. The van der Waals surface area contributed by atoms with E-state index in [4.69, 9.17) is 14.3 Å². The van der Waals surface area contributed by atoms with Gasteiger partial charge in [-0.2, -0.15) is 0 Å². The summed E-state index contributed by atoms with van der Waals surface area (Å²) in [7, 11) is 1.39. The highest BCUT2D eigenvalue weighted by Gasteiger charge is 2.64. The molecule has 29 heavy (non-hydrogen) atoms. The van der Waals surface area contributed by atoms with E-state index in [2.05, 4.69) is 5.32 Å². The lowest BCUT2D eigenvalue weighted by molar-refractivity contribution is -0.147. The Balaban J connectivity index is 1.78. The van der Waals surface area contributed by atoms with Gasteiger partial charge in [0.05, 0.1) is 13.2 Å². The number of amides is 1. The van der Waals surface area contributed by atoms with Gasteiger partial charge in [0.15, 0.2) is 5.72 Å². The number of carbonyl (C=O) groups is 2. The van der Waals surface area contributed by atoms with Crippen molar-refractivity contribution >= 4 is 12.1 Å². The molecule has 0 aromatic heterocycles. The Bertz CT molecular complexity index is 718. The Morgan fingerprint density at radius 3 is 2.62 bits per heavy atom. The first-order valence-corrected chi connectivity index (χ1v) is 10.3. The number of methoxy groups -OCH3 is 1. The van der Waals surface area contributed by atoms with Crippen molar-refractivity contribution in [1.29, 1.82) is 0 Å². The van der Waals surface area contributed by atoms with Gasteiger partial charge in [-0.25, -0.2) is 4.79 Å². The molecule has 3 rings (SSSR count). The summed E-state index contributed by atoms with van der Waals surface area (Å²) in [6, 6.07) is 8.98. The molecule has 1 spiro atoms. The van der Waals surface area contributed by atoms with E-state index in [0.717, 1.165) is 37.7 Å². The fourth-order valence-corrected chi connectivity index (χ4v) is 4.02. The number of nitrogens with one attached hydrogen (secondary N) is 1. The predicted octanol–water partition coefficient (Wildman–Crippen LogP) is 3.57. The van der Waals surface area contributed by atoms with Crippen LogP contribution in [0.5, 0.6) is 0 Å². The van der Waals surface area contributed by atoms with Crippen LogP contribution < -0.4 is 5.32 Å². The maximum atomic E-state index is 12.6. The first kappa shape index (κ1) is 21.6. The number of esters is 1. The molecule has 1 amide bonds. The van der Waals surface area contributed by atoms with Gasteiger partial charge < -0.3 is 14.8 Å². The molecule has 2 aliphatic rings. The Morgan fingerprint density at radius 2 is 1.97 bits per heavy atom. The summed E-state index contributed by atoms with van der Waals surface area (Å²) >= 11 is 0. The van der Waals surface area contributed by atoms with Crippen LogP contribution in [0.4, 0.5) is 4.79 Å². The van der Waals surface area contributed by atoms with Crippen molar-refractivity contribution in [2.24, 2.45) is 0 Å². The van der Waals surface area contributed by atoms with Crippen LogP contribution in [0, 0.1) is 0 Å². The van der Waals surface area contributed by atoms with E-state index >= 15 is 0 Å². The summed E-state index contributed by atoms with van der Waals surface area (Å²) < 4.78 is 10.5. The molecule has 1 aromatic carbocycles. The fourth-order valence-electron chi connectivity index (χ4n) is 4.02. The normalized spacial score (nSPS) is 27.6. The molecule has 1 aliphatic heterocycles. The average molecular weight is 405 g/mol. The minimum Gasteiger partial charge on any atom is -0.468 e. The predicted molar refractivity (Wildman–Crippen MR) is 108 cm³/mol. The molecule has 2 fully saturated rings. The van der Waals surface area contributed by atoms with E-state index < -0.39 is 23.5 Å². The number of carbonyl (C=O) groups excluding carboxylic acids is 2. The largest absolute Gasteiger partial charge is 0.468 e. The van der Waals surface area contributed by atoms with Crippen LogP contribution >= 0.6 is 0 Å². The number of nitrogens with zero attached hydrogens (tertiary/aromatic N) is 1. The van der Waals surface area contributed by atoms with Crippen molar-refractivity contribution in [3.63, 3.8) is 0 Å². The van der Waals surface area contributed by atoms with E-state index in [9.17, 15) is 9.59 Å². The lowest BCUT2D eigenvalue weighted by atomic mass is 9.98. The third-order valence-electron chi connectivity index (χ3n) is 5.39. The second kappa shape index (κ2) is 8.71. The molecular formula is C22H32N2O5. The zero-order valence-corrected chi connectivity index (χ0v) is 17.8. The van der Waals surface area contributed by atoms with Gasteiger partial charge in [-0.15, -0.1) is 5.06 Å². The molecule has 0 bridgehead atoms. The second-order valence-electron chi connectivity index (χ2n) is 8.79. The fraction of sp³-hybridized carbons (Fsp3) is 0.636. The zero-order valence-electron chi connectivity index (χ0n) is 17.8. The van der Waals surface area contributed by atoms with Crippen LogP contribution in [0.15, 0.2) is 30.3 Å². The van der Waals surface area contributed by atoms with E-state index in [1.165, 1.54) is 7.11 Å². The molecule has 4 atom stereocenters. The van der Waals surface area contributed by atoms with Crippen molar-refractivity contribution in [1.82, 2.24) is 10.4 Å². The van der Waals surface area contributed by atoms with E-state index in [1.54, 1.807) is 5.06 Å². The molecule has 1 N–H and O–H groups in total. The second-order valence-corrected chi connectivity index (χ2v) is 8.79. The summed E-state index contributed by atoms with van der Waals surface area (Å²) in [5.41, 5.74) is -0.242. The van der Waals surface area contributed by atoms with Gasteiger partial charge in [0.25, 0.3) is 0 Å². The highest BCUT2D eigenvalue weighted by molar-refractivity contribution is 5.76. The van der Waals surface area contributed by atoms with Gasteiger partial charge in [-0.05, 0) is 45.6 Å². The molecule has 160 valence electrons. The Hall–Kier alpha value is -2.12.